The van der Waals surface area contributed by atoms with Crippen molar-refractivity contribution in [3.8, 4) is 0 Å². The molecule has 0 bridgehead atoms. The number of sulfonamides is 1. The van der Waals surface area contributed by atoms with E-state index >= 15 is 0 Å². The number of hydrogen-bond donors (Lipinski definition) is 1. The first-order chi connectivity index (χ1) is 9.90. The topological polar surface area (TPSA) is 75.2 Å². The van der Waals surface area contributed by atoms with Crippen molar-refractivity contribution in [2.45, 2.75) is 33.1 Å². The maximum Gasteiger partial charge on any atom is 0.211 e. The van der Waals surface area contributed by atoms with Crippen molar-refractivity contribution in [2.75, 3.05) is 31.2 Å². The molecule has 0 aromatic carbocycles. The van der Waals surface area contributed by atoms with Gasteiger partial charge in [-0.25, -0.2) is 22.7 Å². The summed E-state index contributed by atoms with van der Waals surface area (Å²) < 4.78 is 24.4. The molecular weight excluding hydrogens is 312 g/mol. The van der Waals surface area contributed by atoms with Crippen molar-refractivity contribution in [3.05, 3.63) is 17.0 Å². The van der Waals surface area contributed by atoms with Crippen molar-refractivity contribution in [1.82, 2.24) is 14.3 Å². The molecule has 0 amide bonds. The highest BCUT2D eigenvalue weighted by atomic mass is 35.5. The lowest BCUT2D eigenvalue weighted by atomic mass is 10.2. The Morgan fingerprint density at radius 1 is 1.33 bits per heavy atom. The number of halogens is 1. The summed E-state index contributed by atoms with van der Waals surface area (Å²) in [5, 5.41) is 3.69. The molecule has 1 aromatic rings. The largest absolute Gasteiger partial charge is 0.370 e. The molecule has 0 unspecified atom stereocenters. The van der Waals surface area contributed by atoms with E-state index in [1.165, 1.54) is 16.9 Å². The van der Waals surface area contributed by atoms with Gasteiger partial charge in [0.05, 0.1) is 6.26 Å². The number of anilines is 1. The van der Waals surface area contributed by atoms with E-state index in [0.29, 0.717) is 31.2 Å². The van der Waals surface area contributed by atoms with Crippen molar-refractivity contribution in [1.29, 1.82) is 0 Å². The Labute approximate surface area is 132 Å². The Balaban J connectivity index is 2.55. The maximum atomic E-state index is 11.5. The molecule has 6 nitrogen and oxygen atoms in total. The minimum Gasteiger partial charge on any atom is -0.370 e. The van der Waals surface area contributed by atoms with Crippen LogP contribution in [0.1, 0.15) is 32.3 Å². The number of rotatable bonds is 9. The number of hydrogen-bond acceptors (Lipinski definition) is 5. The summed E-state index contributed by atoms with van der Waals surface area (Å²) in [6.45, 7) is 5.51. The average molecular weight is 335 g/mol. The van der Waals surface area contributed by atoms with Crippen LogP contribution in [-0.2, 0) is 16.4 Å². The molecular formula is C13H23ClN4O2S. The van der Waals surface area contributed by atoms with E-state index in [1.54, 1.807) is 0 Å². The fraction of sp³-hybridized carbons (Fsp3) is 0.692. The van der Waals surface area contributed by atoms with Gasteiger partial charge < -0.3 is 5.32 Å². The van der Waals surface area contributed by atoms with E-state index in [-0.39, 0.29) is 0 Å². The van der Waals surface area contributed by atoms with Crippen LogP contribution in [0.4, 0.5) is 5.82 Å². The summed E-state index contributed by atoms with van der Waals surface area (Å²) in [6, 6.07) is 0. The fourth-order valence-electron chi connectivity index (χ4n) is 2.04. The SMILES string of the molecule is CCCc1c(Cl)ncnc1NCCCN(CC)S(C)(=O)=O. The Morgan fingerprint density at radius 3 is 2.62 bits per heavy atom. The predicted octanol–water partition coefficient (Wildman–Crippen LogP) is 2.17. The second kappa shape index (κ2) is 8.51. The van der Waals surface area contributed by atoms with Crippen LogP contribution in [0.5, 0.6) is 0 Å². The lowest BCUT2D eigenvalue weighted by Gasteiger charge is -2.18. The van der Waals surface area contributed by atoms with E-state index < -0.39 is 10.0 Å². The molecule has 0 saturated carbocycles. The highest BCUT2D eigenvalue weighted by Gasteiger charge is 2.13. The lowest BCUT2D eigenvalue weighted by Crippen LogP contribution is -2.31. The van der Waals surface area contributed by atoms with Crippen molar-refractivity contribution in [2.24, 2.45) is 0 Å². The normalized spacial score (nSPS) is 11.9. The van der Waals surface area contributed by atoms with Gasteiger partial charge in [0, 0.05) is 25.2 Å². The molecule has 0 spiro atoms. The summed E-state index contributed by atoms with van der Waals surface area (Å²) >= 11 is 6.08. The Hall–Kier alpha value is -0.920. The van der Waals surface area contributed by atoms with E-state index in [9.17, 15) is 8.42 Å². The van der Waals surface area contributed by atoms with Gasteiger partial charge in [0.2, 0.25) is 10.0 Å². The van der Waals surface area contributed by atoms with Crippen LogP contribution in [-0.4, -0.2) is 48.6 Å². The molecule has 1 N–H and O–H groups in total. The predicted molar refractivity (Wildman–Crippen MR) is 86.2 cm³/mol. The van der Waals surface area contributed by atoms with Crippen LogP contribution >= 0.6 is 11.6 Å². The summed E-state index contributed by atoms with van der Waals surface area (Å²) in [7, 11) is -3.12. The summed E-state index contributed by atoms with van der Waals surface area (Å²) in [4.78, 5) is 8.19. The standard InChI is InChI=1S/C13H23ClN4O2S/c1-4-7-11-12(14)16-10-17-13(11)15-8-6-9-18(5-2)21(3,19)20/h10H,4-9H2,1-3H3,(H,15,16,17). The van der Waals surface area contributed by atoms with E-state index in [1.807, 2.05) is 6.92 Å². The number of nitrogens with one attached hydrogen (secondary N) is 1. The van der Waals surface area contributed by atoms with Gasteiger partial charge in [-0.2, -0.15) is 0 Å². The summed E-state index contributed by atoms with van der Waals surface area (Å²) in [5.74, 6) is 0.735. The first-order valence-electron chi connectivity index (χ1n) is 7.08. The molecule has 8 heteroatoms. The quantitative estimate of drug-likeness (QED) is 0.553. The Bertz CT molecular complexity index is 551. The smallest absolute Gasteiger partial charge is 0.211 e. The van der Waals surface area contributed by atoms with Gasteiger partial charge in [-0.15, -0.1) is 0 Å². The van der Waals surface area contributed by atoms with Gasteiger partial charge in [-0.1, -0.05) is 31.9 Å². The molecule has 0 aliphatic rings. The molecule has 1 heterocycles. The van der Waals surface area contributed by atoms with Crippen LogP contribution in [0.3, 0.4) is 0 Å². The second-order valence-electron chi connectivity index (χ2n) is 4.78. The molecule has 0 aliphatic carbocycles. The first-order valence-corrected chi connectivity index (χ1v) is 9.31. The van der Waals surface area contributed by atoms with Crippen LogP contribution in [0.2, 0.25) is 5.15 Å². The van der Waals surface area contributed by atoms with Gasteiger partial charge >= 0.3 is 0 Å². The van der Waals surface area contributed by atoms with Crippen LogP contribution in [0.25, 0.3) is 0 Å². The molecule has 1 rings (SSSR count). The molecule has 1 aromatic heterocycles. The number of nitrogens with zero attached hydrogens (tertiary/aromatic N) is 3. The van der Waals surface area contributed by atoms with Gasteiger partial charge in [0.15, 0.2) is 0 Å². The van der Waals surface area contributed by atoms with Gasteiger partial charge in [0.25, 0.3) is 0 Å². The van der Waals surface area contributed by atoms with Crippen molar-refractivity contribution < 1.29 is 8.42 Å². The minimum absolute atomic E-state index is 0.473. The fourth-order valence-corrected chi connectivity index (χ4v) is 3.19. The Morgan fingerprint density at radius 2 is 2.05 bits per heavy atom. The first kappa shape index (κ1) is 18.1. The second-order valence-corrected chi connectivity index (χ2v) is 7.12. The zero-order chi connectivity index (χ0) is 15.9. The summed E-state index contributed by atoms with van der Waals surface area (Å²) in [5.41, 5.74) is 0.914. The molecule has 0 fully saturated rings. The van der Waals surface area contributed by atoms with E-state index in [2.05, 4.69) is 22.2 Å². The molecule has 0 saturated heterocycles. The van der Waals surface area contributed by atoms with Crippen LogP contribution < -0.4 is 5.32 Å². The zero-order valence-electron chi connectivity index (χ0n) is 12.8. The van der Waals surface area contributed by atoms with Crippen molar-refractivity contribution >= 4 is 27.4 Å². The van der Waals surface area contributed by atoms with Gasteiger partial charge in [0.1, 0.15) is 17.3 Å². The maximum absolute atomic E-state index is 11.5. The molecule has 120 valence electrons. The van der Waals surface area contributed by atoms with Gasteiger partial charge in [-0.05, 0) is 12.8 Å². The van der Waals surface area contributed by atoms with Crippen molar-refractivity contribution in [3.63, 3.8) is 0 Å². The molecule has 0 atom stereocenters. The summed E-state index contributed by atoms with van der Waals surface area (Å²) in [6.07, 6.45) is 5.13. The van der Waals surface area contributed by atoms with Crippen LogP contribution in [0, 0.1) is 0 Å². The minimum atomic E-state index is -3.12. The monoisotopic (exact) mass is 334 g/mol. The third-order valence-electron chi connectivity index (χ3n) is 3.09. The average Bonchev–Trinajstić information content (AvgIpc) is 2.40. The third kappa shape index (κ3) is 5.76. The van der Waals surface area contributed by atoms with E-state index in [0.717, 1.165) is 24.2 Å². The Kier molecular flexibility index (Phi) is 7.34. The lowest BCUT2D eigenvalue weighted by molar-refractivity contribution is 0.428. The van der Waals surface area contributed by atoms with E-state index in [4.69, 9.17) is 11.6 Å². The molecule has 21 heavy (non-hydrogen) atoms. The highest BCUT2D eigenvalue weighted by Crippen LogP contribution is 2.21. The molecule has 0 radical (unpaired) electrons. The number of aromatic nitrogens is 2. The van der Waals surface area contributed by atoms with Gasteiger partial charge in [-0.3, -0.25) is 0 Å². The molecule has 0 aliphatic heterocycles. The third-order valence-corrected chi connectivity index (χ3v) is 4.80. The van der Waals surface area contributed by atoms with Crippen LogP contribution in [0.15, 0.2) is 6.33 Å². The highest BCUT2D eigenvalue weighted by molar-refractivity contribution is 7.88. The zero-order valence-corrected chi connectivity index (χ0v) is 14.3.